The quantitative estimate of drug-likeness (QED) is 0.704. The molecule has 1 aromatic carbocycles. The number of hydrogen-bond acceptors (Lipinski definition) is 4. The van der Waals surface area contributed by atoms with Crippen molar-refractivity contribution in [1.29, 1.82) is 0 Å². The summed E-state index contributed by atoms with van der Waals surface area (Å²) in [5, 5.41) is 4.14. The molecular weight excluding hydrogens is 228 g/mol. The lowest BCUT2D eigenvalue weighted by Crippen LogP contribution is -2.09. The largest absolute Gasteiger partial charge is 0.484 e. The highest BCUT2D eigenvalue weighted by Crippen LogP contribution is 2.20. The van der Waals surface area contributed by atoms with E-state index >= 15 is 0 Å². The summed E-state index contributed by atoms with van der Waals surface area (Å²) < 4.78 is 7.55. The predicted molar refractivity (Wildman–Crippen MR) is 66.3 cm³/mol. The van der Waals surface area contributed by atoms with Gasteiger partial charge in [0.15, 0.2) is 0 Å². The van der Waals surface area contributed by atoms with Gasteiger partial charge in [0.25, 0.3) is 5.78 Å². The number of benzene rings is 1. The van der Waals surface area contributed by atoms with Gasteiger partial charge < -0.3 is 4.74 Å². The molecule has 2 aromatic heterocycles. The van der Waals surface area contributed by atoms with Crippen molar-refractivity contribution in [3.63, 3.8) is 0 Å². The van der Waals surface area contributed by atoms with E-state index < -0.39 is 0 Å². The Bertz CT molecular complexity index is 650. The first-order valence-corrected chi connectivity index (χ1v) is 5.71. The zero-order chi connectivity index (χ0) is 12.4. The number of para-hydroxylation sites is 1. The molecule has 0 N–H and O–H groups in total. The number of aromatic nitrogens is 4. The van der Waals surface area contributed by atoms with Crippen LogP contribution in [0.4, 0.5) is 0 Å². The summed E-state index contributed by atoms with van der Waals surface area (Å²) in [4.78, 5) is 8.18. The first kappa shape index (κ1) is 10.7. The molecule has 5 heteroatoms. The molecule has 0 aliphatic carbocycles. The van der Waals surface area contributed by atoms with Gasteiger partial charge in [-0.05, 0) is 25.1 Å². The van der Waals surface area contributed by atoms with E-state index in [-0.39, 0.29) is 6.10 Å². The second kappa shape index (κ2) is 4.44. The molecule has 3 rings (SSSR count). The minimum Gasteiger partial charge on any atom is -0.484 e. The molecule has 0 saturated heterocycles. The first-order valence-electron chi connectivity index (χ1n) is 5.71. The van der Waals surface area contributed by atoms with E-state index in [0.29, 0.717) is 5.78 Å². The van der Waals surface area contributed by atoms with E-state index in [2.05, 4.69) is 15.1 Å². The Hall–Kier alpha value is -2.43. The molecule has 0 saturated carbocycles. The Morgan fingerprint density at radius 2 is 1.94 bits per heavy atom. The van der Waals surface area contributed by atoms with Crippen LogP contribution in [0.25, 0.3) is 5.78 Å². The Morgan fingerprint density at radius 3 is 2.78 bits per heavy atom. The van der Waals surface area contributed by atoms with Gasteiger partial charge in [-0.3, -0.25) is 0 Å². The van der Waals surface area contributed by atoms with E-state index in [9.17, 15) is 0 Å². The maximum absolute atomic E-state index is 5.86. The molecule has 5 nitrogen and oxygen atoms in total. The summed E-state index contributed by atoms with van der Waals surface area (Å²) in [5.41, 5.74) is 0.918. The summed E-state index contributed by atoms with van der Waals surface area (Å²) in [6.07, 6.45) is 3.07. The van der Waals surface area contributed by atoms with Crippen LogP contribution in [0.1, 0.15) is 18.7 Å². The molecule has 90 valence electrons. The molecule has 0 bridgehead atoms. The van der Waals surface area contributed by atoms with Gasteiger partial charge in [0.05, 0.1) is 5.69 Å². The van der Waals surface area contributed by atoms with E-state index in [1.807, 2.05) is 43.3 Å². The predicted octanol–water partition coefficient (Wildman–Crippen LogP) is 2.26. The smallest absolute Gasteiger partial charge is 0.252 e. The van der Waals surface area contributed by atoms with Crippen molar-refractivity contribution in [2.45, 2.75) is 13.0 Å². The van der Waals surface area contributed by atoms with Crippen LogP contribution in [-0.2, 0) is 0 Å². The third-order valence-electron chi connectivity index (χ3n) is 2.68. The molecule has 1 atom stereocenters. The third kappa shape index (κ3) is 1.90. The van der Waals surface area contributed by atoms with Crippen LogP contribution in [-0.4, -0.2) is 19.6 Å². The lowest BCUT2D eigenvalue weighted by molar-refractivity contribution is 0.218. The fraction of sp³-hybridized carbons (Fsp3) is 0.154. The van der Waals surface area contributed by atoms with Gasteiger partial charge in [0.2, 0.25) is 0 Å². The van der Waals surface area contributed by atoms with Crippen molar-refractivity contribution in [2.24, 2.45) is 0 Å². The third-order valence-corrected chi connectivity index (χ3v) is 2.68. The molecule has 18 heavy (non-hydrogen) atoms. The molecule has 0 unspecified atom stereocenters. The lowest BCUT2D eigenvalue weighted by Gasteiger charge is -2.15. The number of nitrogens with zero attached hydrogens (tertiary/aromatic N) is 4. The summed E-state index contributed by atoms with van der Waals surface area (Å²) in [6, 6.07) is 11.6. The Balaban J connectivity index is 1.92. The van der Waals surface area contributed by atoms with E-state index in [1.54, 1.807) is 10.7 Å². The average Bonchev–Trinajstić information content (AvgIpc) is 2.87. The second-order valence-electron chi connectivity index (χ2n) is 3.91. The maximum atomic E-state index is 5.86. The van der Waals surface area contributed by atoms with Crippen LogP contribution in [0.15, 0.2) is 48.9 Å². The van der Waals surface area contributed by atoms with Gasteiger partial charge in [0.1, 0.15) is 18.2 Å². The Morgan fingerprint density at radius 1 is 1.11 bits per heavy atom. The van der Waals surface area contributed by atoms with Gasteiger partial charge in [-0.25, -0.2) is 4.98 Å². The molecule has 0 fully saturated rings. The number of rotatable bonds is 3. The minimum atomic E-state index is -0.125. The fourth-order valence-corrected chi connectivity index (χ4v) is 1.83. The van der Waals surface area contributed by atoms with Gasteiger partial charge in [-0.2, -0.15) is 14.6 Å². The summed E-state index contributed by atoms with van der Waals surface area (Å²) >= 11 is 0. The van der Waals surface area contributed by atoms with Gasteiger partial charge in [-0.1, -0.05) is 18.2 Å². The molecule has 0 aliphatic heterocycles. The van der Waals surface area contributed by atoms with E-state index in [0.717, 1.165) is 11.4 Å². The number of hydrogen-bond donors (Lipinski definition) is 0. The van der Waals surface area contributed by atoms with Crippen LogP contribution in [0.3, 0.4) is 0 Å². The first-order chi connectivity index (χ1) is 8.84. The normalized spacial score (nSPS) is 12.5. The summed E-state index contributed by atoms with van der Waals surface area (Å²) in [7, 11) is 0. The Labute approximate surface area is 104 Å². The maximum Gasteiger partial charge on any atom is 0.252 e. The molecule has 0 aliphatic rings. The van der Waals surface area contributed by atoms with Crippen LogP contribution in [0.5, 0.6) is 5.75 Å². The molecule has 0 amide bonds. The van der Waals surface area contributed by atoms with Crippen molar-refractivity contribution in [2.75, 3.05) is 0 Å². The molecule has 0 spiro atoms. The summed E-state index contributed by atoms with van der Waals surface area (Å²) in [6.45, 7) is 1.98. The zero-order valence-corrected chi connectivity index (χ0v) is 9.89. The fourth-order valence-electron chi connectivity index (χ4n) is 1.83. The highest BCUT2D eigenvalue weighted by Gasteiger charge is 2.12. The molecule has 0 radical (unpaired) electrons. The van der Waals surface area contributed by atoms with Gasteiger partial charge in [0, 0.05) is 6.20 Å². The molecule has 2 heterocycles. The number of ether oxygens (including phenoxy) is 1. The van der Waals surface area contributed by atoms with Crippen molar-refractivity contribution in [3.05, 3.63) is 54.6 Å². The molecular formula is C13H12N4O. The van der Waals surface area contributed by atoms with Crippen molar-refractivity contribution in [3.8, 4) is 5.75 Å². The SMILES string of the molecule is C[C@@H](Oc1ccccc1)c1ccnc2ncnn12. The summed E-state index contributed by atoms with van der Waals surface area (Å²) in [5.74, 6) is 1.41. The average molecular weight is 240 g/mol. The topological polar surface area (TPSA) is 52.3 Å². The highest BCUT2D eigenvalue weighted by atomic mass is 16.5. The molecule has 3 aromatic rings. The van der Waals surface area contributed by atoms with Crippen LogP contribution >= 0.6 is 0 Å². The standard InChI is InChI=1S/C13H12N4O/c1-10(18-11-5-3-2-4-6-11)12-7-8-14-13-15-9-16-17(12)13/h2-10H,1H3/t10-/m1/s1. The Kier molecular flexibility index (Phi) is 2.64. The van der Waals surface area contributed by atoms with Crippen molar-refractivity contribution in [1.82, 2.24) is 19.6 Å². The van der Waals surface area contributed by atoms with Crippen LogP contribution in [0, 0.1) is 0 Å². The van der Waals surface area contributed by atoms with Gasteiger partial charge >= 0.3 is 0 Å². The van der Waals surface area contributed by atoms with Crippen LogP contribution < -0.4 is 4.74 Å². The highest BCUT2D eigenvalue weighted by molar-refractivity contribution is 5.28. The lowest BCUT2D eigenvalue weighted by atomic mass is 10.2. The monoisotopic (exact) mass is 240 g/mol. The minimum absolute atomic E-state index is 0.125. The zero-order valence-electron chi connectivity index (χ0n) is 9.89. The second-order valence-corrected chi connectivity index (χ2v) is 3.91. The van der Waals surface area contributed by atoms with Crippen molar-refractivity contribution >= 4 is 5.78 Å². The van der Waals surface area contributed by atoms with E-state index in [1.165, 1.54) is 6.33 Å². The number of fused-ring (bicyclic) bond motifs is 1. The van der Waals surface area contributed by atoms with Crippen LogP contribution in [0.2, 0.25) is 0 Å². The van der Waals surface area contributed by atoms with E-state index in [4.69, 9.17) is 4.74 Å². The van der Waals surface area contributed by atoms with Crippen molar-refractivity contribution < 1.29 is 4.74 Å². The van der Waals surface area contributed by atoms with Gasteiger partial charge in [-0.15, -0.1) is 0 Å².